The molecule has 0 aliphatic carbocycles. The summed E-state index contributed by atoms with van der Waals surface area (Å²) in [5, 5.41) is 3.27. The number of carbonyl (C=O) groups excluding carboxylic acids is 1. The van der Waals surface area contributed by atoms with E-state index in [1.165, 1.54) is 0 Å². The fourth-order valence-corrected chi connectivity index (χ4v) is 0.626. The van der Waals surface area contributed by atoms with Gasteiger partial charge in [-0.3, -0.25) is 0 Å². The monoisotopic (exact) mass is 139 g/mol. The SMILES string of the molecule is CC1=C(N=[N+]=[N-])COC1=O. The van der Waals surface area contributed by atoms with Gasteiger partial charge in [0, 0.05) is 10.5 Å². The second-order valence-corrected chi connectivity index (χ2v) is 1.84. The van der Waals surface area contributed by atoms with Crippen molar-refractivity contribution in [3.8, 4) is 0 Å². The van der Waals surface area contributed by atoms with Crippen LogP contribution in [0.1, 0.15) is 6.92 Å². The third-order valence-electron chi connectivity index (χ3n) is 1.24. The summed E-state index contributed by atoms with van der Waals surface area (Å²) in [5.74, 6) is -0.401. The van der Waals surface area contributed by atoms with Crippen LogP contribution in [0.25, 0.3) is 10.4 Å². The number of rotatable bonds is 1. The van der Waals surface area contributed by atoms with Crippen molar-refractivity contribution >= 4 is 5.97 Å². The molecule has 0 aromatic rings. The van der Waals surface area contributed by atoms with Gasteiger partial charge in [-0.1, -0.05) is 5.11 Å². The van der Waals surface area contributed by atoms with E-state index in [1.807, 2.05) is 0 Å². The maximum atomic E-state index is 10.6. The molecule has 0 saturated carbocycles. The molecule has 5 heteroatoms. The van der Waals surface area contributed by atoms with Gasteiger partial charge in [0.1, 0.15) is 6.61 Å². The Hall–Kier alpha value is -1.48. The molecule has 1 aliphatic rings. The predicted octanol–water partition coefficient (Wildman–Crippen LogP) is 1.13. The van der Waals surface area contributed by atoms with Crippen molar-refractivity contribution in [1.82, 2.24) is 0 Å². The maximum Gasteiger partial charge on any atom is 0.334 e. The Morgan fingerprint density at radius 3 is 2.90 bits per heavy atom. The minimum absolute atomic E-state index is 0.106. The number of esters is 1. The van der Waals surface area contributed by atoms with Crippen molar-refractivity contribution in [1.29, 1.82) is 0 Å². The molecule has 0 fully saturated rings. The molecule has 10 heavy (non-hydrogen) atoms. The first-order valence-electron chi connectivity index (χ1n) is 2.67. The van der Waals surface area contributed by atoms with Crippen LogP contribution in [-0.2, 0) is 9.53 Å². The van der Waals surface area contributed by atoms with E-state index in [2.05, 4.69) is 14.8 Å². The van der Waals surface area contributed by atoms with E-state index in [1.54, 1.807) is 6.92 Å². The van der Waals surface area contributed by atoms with Gasteiger partial charge in [0.15, 0.2) is 0 Å². The summed E-state index contributed by atoms with van der Waals surface area (Å²) in [5.41, 5.74) is 8.77. The van der Waals surface area contributed by atoms with Crippen molar-refractivity contribution in [2.75, 3.05) is 6.61 Å². The normalized spacial score (nSPS) is 16.7. The highest BCUT2D eigenvalue weighted by molar-refractivity contribution is 5.90. The number of hydrogen-bond donors (Lipinski definition) is 0. The highest BCUT2D eigenvalue weighted by Gasteiger charge is 2.18. The van der Waals surface area contributed by atoms with Crippen LogP contribution in [0, 0.1) is 0 Å². The van der Waals surface area contributed by atoms with Crippen LogP contribution in [0.4, 0.5) is 0 Å². The molecule has 52 valence electrons. The van der Waals surface area contributed by atoms with Gasteiger partial charge in [-0.2, -0.15) is 0 Å². The third kappa shape index (κ3) is 0.942. The summed E-state index contributed by atoms with van der Waals surface area (Å²) < 4.78 is 4.55. The van der Waals surface area contributed by atoms with Gasteiger partial charge in [0.2, 0.25) is 0 Å². The van der Waals surface area contributed by atoms with Gasteiger partial charge in [-0.15, -0.1) is 0 Å². The Balaban J connectivity index is 2.95. The molecule has 0 aromatic carbocycles. The highest BCUT2D eigenvalue weighted by atomic mass is 16.5. The first-order valence-corrected chi connectivity index (χ1v) is 2.67. The molecule has 0 spiro atoms. The summed E-state index contributed by atoms with van der Waals surface area (Å²) in [6, 6.07) is 0. The molecule has 0 radical (unpaired) electrons. The number of nitrogens with zero attached hydrogens (tertiary/aromatic N) is 3. The molecule has 0 aromatic heterocycles. The van der Waals surface area contributed by atoms with Crippen molar-refractivity contribution < 1.29 is 9.53 Å². The quantitative estimate of drug-likeness (QED) is 0.236. The molecule has 0 unspecified atom stereocenters. The molecule has 0 amide bonds. The molecule has 1 aliphatic heterocycles. The molecule has 0 saturated heterocycles. The number of carbonyl (C=O) groups is 1. The zero-order chi connectivity index (χ0) is 7.56. The van der Waals surface area contributed by atoms with E-state index in [0.29, 0.717) is 11.3 Å². The van der Waals surface area contributed by atoms with Gasteiger partial charge < -0.3 is 4.74 Å². The van der Waals surface area contributed by atoms with Crippen molar-refractivity contribution in [2.45, 2.75) is 6.92 Å². The number of cyclic esters (lactones) is 1. The third-order valence-corrected chi connectivity index (χ3v) is 1.24. The van der Waals surface area contributed by atoms with Crippen LogP contribution in [0.15, 0.2) is 16.4 Å². The predicted molar refractivity (Wildman–Crippen MR) is 32.8 cm³/mol. The molecule has 0 N–H and O–H groups in total. The van der Waals surface area contributed by atoms with Crippen LogP contribution < -0.4 is 0 Å². The second-order valence-electron chi connectivity index (χ2n) is 1.84. The van der Waals surface area contributed by atoms with Crippen LogP contribution in [-0.4, -0.2) is 12.6 Å². The summed E-state index contributed by atoms with van der Waals surface area (Å²) in [4.78, 5) is 13.1. The average Bonchev–Trinajstić information content (AvgIpc) is 2.20. The summed E-state index contributed by atoms with van der Waals surface area (Å²) in [7, 11) is 0. The standard InChI is InChI=1S/C5H5N3O2/c1-3-4(7-8-6)2-10-5(3)9/h2H2,1H3. The van der Waals surface area contributed by atoms with Crippen LogP contribution >= 0.6 is 0 Å². The van der Waals surface area contributed by atoms with Crippen molar-refractivity contribution in [3.05, 3.63) is 21.7 Å². The van der Waals surface area contributed by atoms with Gasteiger partial charge in [0.25, 0.3) is 0 Å². The molecule has 0 bridgehead atoms. The molecular formula is C5H5N3O2. The number of ether oxygens (including phenoxy) is 1. The van der Waals surface area contributed by atoms with Gasteiger partial charge in [0.05, 0.1) is 5.70 Å². The van der Waals surface area contributed by atoms with Crippen LogP contribution in [0.5, 0.6) is 0 Å². The largest absolute Gasteiger partial charge is 0.458 e. The lowest BCUT2D eigenvalue weighted by molar-refractivity contribution is -0.135. The van der Waals surface area contributed by atoms with Crippen molar-refractivity contribution in [2.24, 2.45) is 5.11 Å². The average molecular weight is 139 g/mol. The minimum Gasteiger partial charge on any atom is -0.458 e. The Kier molecular flexibility index (Phi) is 1.60. The Labute approximate surface area is 56.9 Å². The van der Waals surface area contributed by atoms with Crippen molar-refractivity contribution in [3.63, 3.8) is 0 Å². The topological polar surface area (TPSA) is 75.1 Å². The fourth-order valence-electron chi connectivity index (χ4n) is 0.626. The lowest BCUT2D eigenvalue weighted by Crippen LogP contribution is -1.94. The minimum atomic E-state index is -0.401. The first kappa shape index (κ1) is 6.64. The lowest BCUT2D eigenvalue weighted by atomic mass is 10.3. The second kappa shape index (κ2) is 2.41. The highest BCUT2D eigenvalue weighted by Crippen LogP contribution is 2.15. The number of azide groups is 1. The van der Waals surface area contributed by atoms with Crippen LogP contribution in [0.3, 0.4) is 0 Å². The molecule has 0 atom stereocenters. The molecular weight excluding hydrogens is 134 g/mol. The smallest absolute Gasteiger partial charge is 0.334 e. The van der Waals surface area contributed by atoms with E-state index in [0.717, 1.165) is 0 Å². The van der Waals surface area contributed by atoms with E-state index >= 15 is 0 Å². The van der Waals surface area contributed by atoms with E-state index in [9.17, 15) is 4.79 Å². The summed E-state index contributed by atoms with van der Waals surface area (Å²) >= 11 is 0. The van der Waals surface area contributed by atoms with E-state index < -0.39 is 5.97 Å². The van der Waals surface area contributed by atoms with Gasteiger partial charge >= 0.3 is 5.97 Å². The van der Waals surface area contributed by atoms with Gasteiger partial charge in [-0.25, -0.2) is 4.79 Å². The first-order chi connectivity index (χ1) is 4.75. The van der Waals surface area contributed by atoms with Crippen LogP contribution in [0.2, 0.25) is 0 Å². The maximum absolute atomic E-state index is 10.6. The molecule has 5 nitrogen and oxygen atoms in total. The zero-order valence-corrected chi connectivity index (χ0v) is 5.37. The Bertz CT molecular complexity index is 250. The summed E-state index contributed by atoms with van der Waals surface area (Å²) in [6.45, 7) is 1.67. The number of hydrogen-bond acceptors (Lipinski definition) is 3. The Morgan fingerprint density at radius 1 is 1.80 bits per heavy atom. The fraction of sp³-hybridized carbons (Fsp3) is 0.400. The Morgan fingerprint density at radius 2 is 2.50 bits per heavy atom. The van der Waals surface area contributed by atoms with E-state index in [4.69, 9.17) is 5.53 Å². The lowest BCUT2D eigenvalue weighted by Gasteiger charge is -1.86. The van der Waals surface area contributed by atoms with E-state index in [-0.39, 0.29) is 6.61 Å². The summed E-state index contributed by atoms with van der Waals surface area (Å²) in [6.07, 6.45) is 0. The molecule has 1 heterocycles. The van der Waals surface area contributed by atoms with Gasteiger partial charge in [-0.05, 0) is 12.5 Å². The zero-order valence-electron chi connectivity index (χ0n) is 5.37. The molecule has 1 rings (SSSR count).